The molecule has 1 rings (SSSR count). The van der Waals surface area contributed by atoms with E-state index in [2.05, 4.69) is 0 Å². The molecule has 0 amide bonds. The van der Waals surface area contributed by atoms with Gasteiger partial charge in [0.1, 0.15) is 5.76 Å². The molecule has 0 unspecified atom stereocenters. The quantitative estimate of drug-likeness (QED) is 0.588. The van der Waals surface area contributed by atoms with Crippen LogP contribution in [0, 0.1) is 0 Å². The van der Waals surface area contributed by atoms with Crippen LogP contribution in [0.25, 0.3) is 0 Å². The molecule has 0 fully saturated rings. The Morgan fingerprint density at radius 3 is 2.91 bits per heavy atom. The predicted octanol–water partition coefficient (Wildman–Crippen LogP) is 2.99. The Morgan fingerprint density at radius 1 is 1.55 bits per heavy atom. The van der Waals surface area contributed by atoms with E-state index in [-0.39, 0.29) is 0 Å². The summed E-state index contributed by atoms with van der Waals surface area (Å²) in [6, 6.07) is 0. The normalized spacial score (nSPS) is 17.9. The van der Waals surface area contributed by atoms with Gasteiger partial charge in [0.25, 0.3) is 0 Å². The molecule has 0 aliphatic heterocycles. The third-order valence-electron chi connectivity index (χ3n) is 1.62. The first kappa shape index (κ1) is 8.41. The molecule has 0 heterocycles. The molecular weight excluding hydrogens is 160 g/mol. The van der Waals surface area contributed by atoms with Crippen molar-refractivity contribution in [3.05, 3.63) is 34.6 Å². The zero-order valence-electron chi connectivity index (χ0n) is 6.73. The van der Waals surface area contributed by atoms with Crippen LogP contribution in [-0.4, -0.2) is 7.11 Å². The van der Waals surface area contributed by atoms with Gasteiger partial charge in [-0.3, -0.25) is 0 Å². The summed E-state index contributed by atoms with van der Waals surface area (Å²) in [7, 11) is 1.64. The van der Waals surface area contributed by atoms with Crippen molar-refractivity contribution in [3.63, 3.8) is 0 Å². The molecule has 0 bridgehead atoms. The SMILES string of the molecule is COC1=CC(Cl)=C(C)CC=C1. The number of hydrogen-bond acceptors (Lipinski definition) is 1. The lowest BCUT2D eigenvalue weighted by molar-refractivity contribution is 0.307. The van der Waals surface area contributed by atoms with Gasteiger partial charge >= 0.3 is 0 Å². The summed E-state index contributed by atoms with van der Waals surface area (Å²) in [4.78, 5) is 0. The third-order valence-corrected chi connectivity index (χ3v) is 2.05. The maximum Gasteiger partial charge on any atom is 0.120 e. The lowest BCUT2D eigenvalue weighted by Gasteiger charge is -1.97. The van der Waals surface area contributed by atoms with Gasteiger partial charge in [-0.1, -0.05) is 23.3 Å². The molecule has 0 aromatic rings. The Morgan fingerprint density at radius 2 is 2.27 bits per heavy atom. The number of rotatable bonds is 1. The molecule has 0 radical (unpaired) electrons. The van der Waals surface area contributed by atoms with E-state index in [0.29, 0.717) is 0 Å². The first-order valence-corrected chi connectivity index (χ1v) is 3.89. The molecular formula is C9H11ClO. The summed E-state index contributed by atoms with van der Waals surface area (Å²) in [5, 5.41) is 0.784. The zero-order chi connectivity index (χ0) is 8.27. The van der Waals surface area contributed by atoms with Gasteiger partial charge in [-0.25, -0.2) is 0 Å². The summed E-state index contributed by atoms with van der Waals surface area (Å²) in [6.45, 7) is 2.02. The summed E-state index contributed by atoms with van der Waals surface area (Å²) in [5.74, 6) is 0.812. The minimum atomic E-state index is 0.784. The van der Waals surface area contributed by atoms with E-state index in [1.807, 2.05) is 25.2 Å². The van der Waals surface area contributed by atoms with Gasteiger partial charge in [0.15, 0.2) is 0 Å². The smallest absolute Gasteiger partial charge is 0.120 e. The van der Waals surface area contributed by atoms with Gasteiger partial charge in [-0.2, -0.15) is 0 Å². The monoisotopic (exact) mass is 170 g/mol. The molecule has 0 N–H and O–H groups in total. The minimum Gasteiger partial charge on any atom is -0.497 e. The first-order chi connectivity index (χ1) is 5.24. The fourth-order valence-corrected chi connectivity index (χ4v) is 1.06. The average Bonchev–Trinajstić information content (AvgIpc) is 2.15. The second-order valence-electron chi connectivity index (χ2n) is 2.49. The molecule has 0 atom stereocenters. The lowest BCUT2D eigenvalue weighted by atomic mass is 10.2. The van der Waals surface area contributed by atoms with Crippen molar-refractivity contribution in [2.24, 2.45) is 0 Å². The number of allylic oxidation sites excluding steroid dienone is 5. The van der Waals surface area contributed by atoms with Crippen LogP contribution in [0.15, 0.2) is 34.6 Å². The highest BCUT2D eigenvalue weighted by atomic mass is 35.5. The third kappa shape index (κ3) is 2.12. The second-order valence-corrected chi connectivity index (χ2v) is 2.89. The van der Waals surface area contributed by atoms with E-state index in [9.17, 15) is 0 Å². The Balaban J connectivity index is 2.92. The van der Waals surface area contributed by atoms with Crippen molar-refractivity contribution in [2.45, 2.75) is 13.3 Å². The molecule has 2 heteroatoms. The summed E-state index contributed by atoms with van der Waals surface area (Å²) in [6.07, 6.45) is 6.71. The Labute approximate surface area is 72.0 Å². The predicted molar refractivity (Wildman–Crippen MR) is 47.4 cm³/mol. The van der Waals surface area contributed by atoms with Crippen molar-refractivity contribution >= 4 is 11.6 Å². The minimum absolute atomic E-state index is 0.784. The average molecular weight is 171 g/mol. The highest BCUT2D eigenvalue weighted by Gasteiger charge is 2.01. The van der Waals surface area contributed by atoms with Crippen molar-refractivity contribution in [1.82, 2.24) is 0 Å². The molecule has 0 spiro atoms. The van der Waals surface area contributed by atoms with Crippen molar-refractivity contribution < 1.29 is 4.74 Å². The number of hydrogen-bond donors (Lipinski definition) is 0. The highest BCUT2D eigenvalue weighted by Crippen LogP contribution is 2.20. The van der Waals surface area contributed by atoms with E-state index in [0.717, 1.165) is 17.2 Å². The van der Waals surface area contributed by atoms with Gasteiger partial charge in [0, 0.05) is 5.03 Å². The standard InChI is InChI=1S/C9H11ClO/c1-7-4-3-5-8(11-2)6-9(7)10/h3,5-6H,4H2,1-2H3. The molecule has 0 saturated carbocycles. The highest BCUT2D eigenvalue weighted by molar-refractivity contribution is 6.31. The summed E-state index contributed by atoms with van der Waals surface area (Å²) < 4.78 is 5.05. The molecule has 60 valence electrons. The van der Waals surface area contributed by atoms with Crippen molar-refractivity contribution in [1.29, 1.82) is 0 Å². The number of halogens is 1. The molecule has 0 aromatic carbocycles. The fourth-order valence-electron chi connectivity index (χ4n) is 0.873. The number of ether oxygens (including phenoxy) is 1. The topological polar surface area (TPSA) is 9.23 Å². The van der Waals surface area contributed by atoms with Gasteiger partial charge in [-0.15, -0.1) is 0 Å². The Bertz CT molecular complexity index is 236. The summed E-state index contributed by atoms with van der Waals surface area (Å²) >= 11 is 5.93. The van der Waals surface area contributed by atoms with E-state index in [1.165, 1.54) is 5.57 Å². The van der Waals surface area contributed by atoms with Crippen LogP contribution >= 0.6 is 11.6 Å². The molecule has 0 aromatic heterocycles. The van der Waals surface area contributed by atoms with E-state index < -0.39 is 0 Å². The summed E-state index contributed by atoms with van der Waals surface area (Å²) in [5.41, 5.74) is 1.18. The van der Waals surface area contributed by atoms with Gasteiger partial charge in [-0.05, 0) is 25.5 Å². The van der Waals surface area contributed by atoms with E-state index in [1.54, 1.807) is 7.11 Å². The Hall–Kier alpha value is -0.690. The lowest BCUT2D eigenvalue weighted by Crippen LogP contribution is -1.80. The first-order valence-electron chi connectivity index (χ1n) is 3.51. The van der Waals surface area contributed by atoms with E-state index >= 15 is 0 Å². The molecule has 1 nitrogen and oxygen atoms in total. The van der Waals surface area contributed by atoms with Crippen LogP contribution in [0.5, 0.6) is 0 Å². The fraction of sp³-hybridized carbons (Fsp3) is 0.333. The number of methoxy groups -OCH3 is 1. The van der Waals surface area contributed by atoms with Crippen LogP contribution in [-0.2, 0) is 4.74 Å². The van der Waals surface area contributed by atoms with Crippen LogP contribution in [0.4, 0.5) is 0 Å². The maximum absolute atomic E-state index is 5.93. The second kappa shape index (κ2) is 3.63. The van der Waals surface area contributed by atoms with Crippen molar-refractivity contribution in [2.75, 3.05) is 7.11 Å². The van der Waals surface area contributed by atoms with Crippen LogP contribution in [0.2, 0.25) is 0 Å². The van der Waals surface area contributed by atoms with Gasteiger partial charge in [0.2, 0.25) is 0 Å². The molecule has 11 heavy (non-hydrogen) atoms. The van der Waals surface area contributed by atoms with Gasteiger partial charge < -0.3 is 4.74 Å². The molecule has 0 saturated heterocycles. The Kier molecular flexibility index (Phi) is 2.77. The maximum atomic E-state index is 5.93. The molecule has 1 aliphatic rings. The van der Waals surface area contributed by atoms with E-state index in [4.69, 9.17) is 16.3 Å². The largest absolute Gasteiger partial charge is 0.497 e. The zero-order valence-corrected chi connectivity index (χ0v) is 7.48. The van der Waals surface area contributed by atoms with Crippen LogP contribution in [0.3, 0.4) is 0 Å². The van der Waals surface area contributed by atoms with Crippen molar-refractivity contribution in [3.8, 4) is 0 Å². The van der Waals surface area contributed by atoms with Crippen LogP contribution in [0.1, 0.15) is 13.3 Å². The van der Waals surface area contributed by atoms with Gasteiger partial charge in [0.05, 0.1) is 7.11 Å². The molecule has 1 aliphatic carbocycles. The van der Waals surface area contributed by atoms with Crippen LogP contribution < -0.4 is 0 Å².